The van der Waals surface area contributed by atoms with E-state index in [2.05, 4.69) is 58.0 Å². The van der Waals surface area contributed by atoms with Gasteiger partial charge in [0.05, 0.1) is 6.10 Å². The third-order valence-electron chi connectivity index (χ3n) is 4.39. The molecule has 0 spiro atoms. The van der Waals surface area contributed by atoms with Gasteiger partial charge >= 0.3 is 0 Å². The topological polar surface area (TPSA) is 20.2 Å². The molecule has 0 fully saturated rings. The van der Waals surface area contributed by atoms with Crippen LogP contribution >= 0.6 is 0 Å². The van der Waals surface area contributed by atoms with Crippen molar-refractivity contribution in [3.05, 3.63) is 70.8 Å². The first-order valence-electron chi connectivity index (χ1n) is 7.21. The van der Waals surface area contributed by atoms with Crippen molar-refractivity contribution in [3.63, 3.8) is 0 Å². The molecule has 0 aliphatic heterocycles. The molecule has 1 nitrogen and oxygen atoms in total. The van der Waals surface area contributed by atoms with E-state index in [0.717, 1.165) is 0 Å². The van der Waals surface area contributed by atoms with Crippen LogP contribution < -0.4 is 0 Å². The van der Waals surface area contributed by atoms with Crippen LogP contribution in [0.25, 0.3) is 0 Å². The molecule has 0 aliphatic carbocycles. The molecule has 2 rings (SSSR count). The van der Waals surface area contributed by atoms with Crippen molar-refractivity contribution >= 4 is 0 Å². The number of aryl methyl sites for hydroxylation is 2. The van der Waals surface area contributed by atoms with Crippen LogP contribution in [-0.2, 0) is 11.8 Å². The molecular formula is C19H24O. The van der Waals surface area contributed by atoms with Crippen LogP contribution in [0.2, 0.25) is 0 Å². The van der Waals surface area contributed by atoms with Crippen LogP contribution in [0.1, 0.15) is 36.1 Å². The summed E-state index contributed by atoms with van der Waals surface area (Å²) in [6.07, 6.45) is 0.296. The van der Waals surface area contributed by atoms with E-state index in [9.17, 15) is 5.11 Å². The molecule has 0 aromatic heterocycles. The average molecular weight is 268 g/mol. The minimum Gasteiger partial charge on any atom is -0.392 e. The van der Waals surface area contributed by atoms with Crippen LogP contribution in [0.5, 0.6) is 0 Å². The third-order valence-corrected chi connectivity index (χ3v) is 4.39. The average Bonchev–Trinajstić information content (AvgIpc) is 2.43. The van der Waals surface area contributed by atoms with Gasteiger partial charge in [0.2, 0.25) is 0 Å². The molecule has 0 aliphatic rings. The minimum absolute atomic E-state index is 0.254. The summed E-state index contributed by atoms with van der Waals surface area (Å²) in [6, 6.07) is 16.6. The number of aliphatic hydroxyl groups excluding tert-OH is 1. The van der Waals surface area contributed by atoms with Gasteiger partial charge in [0.25, 0.3) is 0 Å². The number of rotatable bonds is 4. The lowest BCUT2D eigenvalue weighted by atomic mass is 9.76. The van der Waals surface area contributed by atoms with E-state index < -0.39 is 6.10 Å². The van der Waals surface area contributed by atoms with Crippen molar-refractivity contribution in [2.75, 3.05) is 0 Å². The lowest BCUT2D eigenvalue weighted by Gasteiger charge is -2.32. The second-order valence-corrected chi connectivity index (χ2v) is 6.18. The van der Waals surface area contributed by atoms with Crippen LogP contribution in [0.4, 0.5) is 0 Å². The summed E-state index contributed by atoms with van der Waals surface area (Å²) in [5, 5.41) is 10.7. The molecule has 0 radical (unpaired) electrons. The number of benzene rings is 2. The van der Waals surface area contributed by atoms with Crippen molar-refractivity contribution in [2.45, 2.75) is 45.6 Å². The predicted octanol–water partition coefficient (Wildman–Crippen LogP) is 4.18. The highest BCUT2D eigenvalue weighted by molar-refractivity contribution is 5.35. The molecule has 1 heteroatoms. The van der Waals surface area contributed by atoms with Gasteiger partial charge in [0.15, 0.2) is 0 Å². The van der Waals surface area contributed by atoms with Crippen molar-refractivity contribution in [1.82, 2.24) is 0 Å². The first-order valence-corrected chi connectivity index (χ1v) is 7.21. The molecule has 106 valence electrons. The number of aliphatic hydroxyl groups is 1. The summed E-state index contributed by atoms with van der Waals surface area (Å²) in [6.45, 7) is 8.45. The van der Waals surface area contributed by atoms with Crippen LogP contribution in [0.15, 0.2) is 48.5 Å². The highest BCUT2D eigenvalue weighted by Crippen LogP contribution is 2.30. The van der Waals surface area contributed by atoms with Gasteiger partial charge in [-0.2, -0.15) is 0 Å². The largest absolute Gasteiger partial charge is 0.392 e. The van der Waals surface area contributed by atoms with Gasteiger partial charge < -0.3 is 5.11 Å². The lowest BCUT2D eigenvalue weighted by Crippen LogP contribution is -2.35. The summed E-state index contributed by atoms with van der Waals surface area (Å²) >= 11 is 0. The molecule has 1 atom stereocenters. The molecule has 0 saturated carbocycles. The standard InChI is InChI=1S/C19H24O/c1-14-9-8-10-15(2)17(14)13-18(20)19(3,4)16-11-6-5-7-12-16/h5-12,18,20H,13H2,1-4H3. The Hall–Kier alpha value is -1.60. The summed E-state index contributed by atoms with van der Waals surface area (Å²) in [7, 11) is 0. The molecule has 20 heavy (non-hydrogen) atoms. The van der Waals surface area contributed by atoms with E-state index in [1.165, 1.54) is 22.3 Å². The Balaban J connectivity index is 2.26. The molecule has 1 N–H and O–H groups in total. The zero-order valence-electron chi connectivity index (χ0n) is 12.9. The zero-order chi connectivity index (χ0) is 14.8. The maximum Gasteiger partial charge on any atom is 0.0671 e. The van der Waals surface area contributed by atoms with Gasteiger partial charge in [-0.25, -0.2) is 0 Å². The molecule has 1 unspecified atom stereocenters. The van der Waals surface area contributed by atoms with Crippen molar-refractivity contribution in [3.8, 4) is 0 Å². The van der Waals surface area contributed by atoms with Gasteiger partial charge in [-0.15, -0.1) is 0 Å². The van der Waals surface area contributed by atoms with Gasteiger partial charge in [-0.05, 0) is 42.5 Å². The van der Waals surface area contributed by atoms with Crippen LogP contribution in [-0.4, -0.2) is 11.2 Å². The third kappa shape index (κ3) is 2.94. The Bertz CT molecular complexity index is 549. The van der Waals surface area contributed by atoms with Crippen LogP contribution in [0.3, 0.4) is 0 Å². The summed E-state index contributed by atoms with van der Waals surface area (Å²) < 4.78 is 0. The van der Waals surface area contributed by atoms with Gasteiger partial charge in [0.1, 0.15) is 0 Å². The maximum absolute atomic E-state index is 10.7. The molecule has 0 saturated heterocycles. The van der Waals surface area contributed by atoms with Gasteiger partial charge in [-0.3, -0.25) is 0 Å². The van der Waals surface area contributed by atoms with E-state index in [1.54, 1.807) is 0 Å². The van der Waals surface area contributed by atoms with Gasteiger partial charge in [-0.1, -0.05) is 62.4 Å². The molecule has 0 heterocycles. The normalized spacial score (nSPS) is 13.2. The van der Waals surface area contributed by atoms with E-state index in [-0.39, 0.29) is 5.41 Å². The monoisotopic (exact) mass is 268 g/mol. The van der Waals surface area contributed by atoms with Crippen molar-refractivity contribution < 1.29 is 5.11 Å². The molecule has 2 aromatic rings. The quantitative estimate of drug-likeness (QED) is 0.881. The first-order chi connectivity index (χ1) is 9.43. The molecule has 0 amide bonds. The molecular weight excluding hydrogens is 244 g/mol. The maximum atomic E-state index is 10.7. The van der Waals surface area contributed by atoms with Crippen molar-refractivity contribution in [1.29, 1.82) is 0 Å². The second-order valence-electron chi connectivity index (χ2n) is 6.18. The molecule has 0 bridgehead atoms. The van der Waals surface area contributed by atoms with Crippen LogP contribution in [0, 0.1) is 13.8 Å². The molecule has 2 aromatic carbocycles. The summed E-state index contributed by atoms with van der Waals surface area (Å²) in [5.74, 6) is 0. The Morgan fingerprint density at radius 1 is 0.900 bits per heavy atom. The Morgan fingerprint density at radius 3 is 2.00 bits per heavy atom. The Kier molecular flexibility index (Phi) is 4.29. The smallest absolute Gasteiger partial charge is 0.0671 e. The fraction of sp³-hybridized carbons (Fsp3) is 0.368. The zero-order valence-corrected chi connectivity index (χ0v) is 12.9. The first kappa shape index (κ1) is 14.8. The van der Waals surface area contributed by atoms with E-state index in [0.29, 0.717) is 6.42 Å². The minimum atomic E-state index is -0.398. The van der Waals surface area contributed by atoms with E-state index in [4.69, 9.17) is 0 Å². The SMILES string of the molecule is Cc1cccc(C)c1CC(O)C(C)(C)c1ccccc1. The van der Waals surface area contributed by atoms with E-state index in [1.807, 2.05) is 18.2 Å². The second kappa shape index (κ2) is 5.80. The highest BCUT2D eigenvalue weighted by Gasteiger charge is 2.30. The number of hydrogen-bond acceptors (Lipinski definition) is 1. The number of hydrogen-bond donors (Lipinski definition) is 1. The predicted molar refractivity (Wildman–Crippen MR) is 85.1 cm³/mol. The summed E-state index contributed by atoms with van der Waals surface area (Å²) in [5.41, 5.74) is 4.71. The van der Waals surface area contributed by atoms with Gasteiger partial charge in [0, 0.05) is 5.41 Å². The lowest BCUT2D eigenvalue weighted by molar-refractivity contribution is 0.0997. The Morgan fingerprint density at radius 2 is 1.45 bits per heavy atom. The fourth-order valence-corrected chi connectivity index (χ4v) is 2.68. The summed E-state index contributed by atoms with van der Waals surface area (Å²) in [4.78, 5) is 0. The van der Waals surface area contributed by atoms with E-state index >= 15 is 0 Å². The Labute approximate surface area is 122 Å². The van der Waals surface area contributed by atoms with Crippen molar-refractivity contribution in [2.24, 2.45) is 0 Å². The fourth-order valence-electron chi connectivity index (χ4n) is 2.68. The highest BCUT2D eigenvalue weighted by atomic mass is 16.3.